The molecule has 0 amide bonds. The van der Waals surface area contributed by atoms with E-state index >= 15 is 0 Å². The molecule has 4 heteroatoms. The smallest absolute Gasteiger partial charge is 0.373 e. The SMILES string of the molecule is CB(O)NC1CCC(C(C)=O)CC1. The van der Waals surface area contributed by atoms with Gasteiger partial charge < -0.3 is 10.3 Å². The third-order valence-corrected chi connectivity index (χ3v) is 2.78. The lowest BCUT2D eigenvalue weighted by molar-refractivity contribution is -0.121. The van der Waals surface area contributed by atoms with Gasteiger partial charge in [0.15, 0.2) is 0 Å². The Morgan fingerprint density at radius 1 is 1.38 bits per heavy atom. The molecule has 0 spiro atoms. The molecule has 0 aromatic heterocycles. The normalized spacial score (nSPS) is 28.5. The molecule has 0 aromatic carbocycles. The van der Waals surface area contributed by atoms with Crippen molar-refractivity contribution in [3.63, 3.8) is 0 Å². The van der Waals surface area contributed by atoms with Crippen LogP contribution >= 0.6 is 0 Å². The average molecular weight is 183 g/mol. The van der Waals surface area contributed by atoms with Gasteiger partial charge in [0, 0.05) is 5.92 Å². The Balaban J connectivity index is 2.26. The minimum Gasteiger partial charge on any atom is -0.437 e. The third kappa shape index (κ3) is 3.49. The van der Waals surface area contributed by atoms with E-state index in [1.807, 2.05) is 0 Å². The summed E-state index contributed by atoms with van der Waals surface area (Å²) >= 11 is 0. The quantitative estimate of drug-likeness (QED) is 0.637. The molecule has 1 fully saturated rings. The van der Waals surface area contributed by atoms with E-state index in [2.05, 4.69) is 5.23 Å². The van der Waals surface area contributed by atoms with Gasteiger partial charge in [-0.25, -0.2) is 0 Å². The van der Waals surface area contributed by atoms with Crippen LogP contribution < -0.4 is 5.23 Å². The largest absolute Gasteiger partial charge is 0.437 e. The van der Waals surface area contributed by atoms with E-state index in [4.69, 9.17) is 5.02 Å². The molecule has 3 nitrogen and oxygen atoms in total. The number of Topliss-reactive ketones (excluding diaryl/α,β-unsaturated/α-hetero) is 1. The summed E-state index contributed by atoms with van der Waals surface area (Å²) in [6.45, 7) is 3.41. The molecule has 2 N–H and O–H groups in total. The maximum atomic E-state index is 11.1. The minimum absolute atomic E-state index is 0.270. The molecule has 0 radical (unpaired) electrons. The highest BCUT2D eigenvalue weighted by Crippen LogP contribution is 2.24. The number of ketones is 1. The summed E-state index contributed by atoms with van der Waals surface area (Å²) in [6, 6.07) is 0.399. The van der Waals surface area contributed by atoms with Crippen LogP contribution in [0.4, 0.5) is 0 Å². The number of nitrogens with one attached hydrogen (secondary N) is 1. The van der Waals surface area contributed by atoms with Crippen molar-refractivity contribution < 1.29 is 9.82 Å². The van der Waals surface area contributed by atoms with Crippen molar-refractivity contribution in [2.75, 3.05) is 0 Å². The molecule has 1 aliphatic rings. The number of carbonyl (C=O) groups excluding carboxylic acids is 1. The van der Waals surface area contributed by atoms with Crippen LogP contribution in [0.2, 0.25) is 6.82 Å². The van der Waals surface area contributed by atoms with Crippen molar-refractivity contribution in [3.8, 4) is 0 Å². The molecular formula is C9H18BNO2. The standard InChI is InChI=1S/C9H18BNO2/c1-7(12)8-3-5-9(6-4-8)11-10(2)13/h8-9,11,13H,3-6H2,1-2H3. The molecule has 1 saturated carbocycles. The molecule has 0 aliphatic heterocycles. The number of rotatable bonds is 3. The lowest BCUT2D eigenvalue weighted by atomic mass is 9.79. The highest BCUT2D eigenvalue weighted by Gasteiger charge is 2.24. The Morgan fingerprint density at radius 3 is 2.31 bits per heavy atom. The van der Waals surface area contributed by atoms with Gasteiger partial charge in [0.1, 0.15) is 5.78 Å². The summed E-state index contributed by atoms with van der Waals surface area (Å²) in [7, 11) is -0.432. The number of hydrogen-bond acceptors (Lipinski definition) is 3. The lowest BCUT2D eigenvalue weighted by Crippen LogP contribution is -2.42. The molecule has 74 valence electrons. The van der Waals surface area contributed by atoms with Gasteiger partial charge in [-0.1, -0.05) is 0 Å². The van der Waals surface area contributed by atoms with Crippen molar-refractivity contribution in [2.24, 2.45) is 5.92 Å². The molecule has 1 rings (SSSR count). The van der Waals surface area contributed by atoms with Gasteiger partial charge in [-0.3, -0.25) is 4.79 Å². The second-order valence-corrected chi connectivity index (χ2v) is 4.00. The number of carbonyl (C=O) groups is 1. The first kappa shape index (κ1) is 10.7. The van der Waals surface area contributed by atoms with E-state index in [0.717, 1.165) is 25.7 Å². The van der Waals surface area contributed by atoms with Gasteiger partial charge in [-0.05, 0) is 45.5 Å². The van der Waals surface area contributed by atoms with E-state index in [0.29, 0.717) is 11.8 Å². The summed E-state index contributed by atoms with van der Waals surface area (Å²) < 4.78 is 0. The zero-order valence-corrected chi connectivity index (χ0v) is 8.42. The maximum Gasteiger partial charge on any atom is 0.373 e. The van der Waals surface area contributed by atoms with Crippen LogP contribution in [0, 0.1) is 5.92 Å². The molecule has 13 heavy (non-hydrogen) atoms. The Morgan fingerprint density at radius 2 is 1.92 bits per heavy atom. The van der Waals surface area contributed by atoms with Gasteiger partial charge >= 0.3 is 7.05 Å². The summed E-state index contributed by atoms with van der Waals surface area (Å²) in [5.74, 6) is 0.586. The Hall–Kier alpha value is -0.345. The first-order valence-electron chi connectivity index (χ1n) is 5.04. The van der Waals surface area contributed by atoms with Crippen LogP contribution in [0.25, 0.3) is 0 Å². The summed E-state index contributed by atoms with van der Waals surface area (Å²) in [6.07, 6.45) is 3.96. The van der Waals surface area contributed by atoms with Crippen LogP contribution in [0.1, 0.15) is 32.6 Å². The van der Waals surface area contributed by atoms with Crippen molar-refractivity contribution in [1.29, 1.82) is 0 Å². The molecule has 0 bridgehead atoms. The number of hydrogen-bond donors (Lipinski definition) is 2. The first-order valence-corrected chi connectivity index (χ1v) is 5.04. The van der Waals surface area contributed by atoms with Crippen LogP contribution in [0.5, 0.6) is 0 Å². The Kier molecular flexibility index (Phi) is 3.94. The monoisotopic (exact) mass is 183 g/mol. The fourth-order valence-electron chi connectivity index (χ4n) is 2.01. The minimum atomic E-state index is -0.432. The fraction of sp³-hybridized carbons (Fsp3) is 0.889. The predicted molar refractivity (Wildman–Crippen MR) is 53.4 cm³/mol. The molecule has 0 heterocycles. The topological polar surface area (TPSA) is 49.3 Å². The second kappa shape index (κ2) is 4.77. The van der Waals surface area contributed by atoms with E-state index in [-0.39, 0.29) is 5.92 Å². The van der Waals surface area contributed by atoms with Gasteiger partial charge in [0.05, 0.1) is 0 Å². The van der Waals surface area contributed by atoms with Crippen LogP contribution in [0.3, 0.4) is 0 Å². The van der Waals surface area contributed by atoms with Gasteiger partial charge in [0.2, 0.25) is 0 Å². The average Bonchev–Trinajstić information content (AvgIpc) is 2.04. The predicted octanol–water partition coefficient (Wildman–Crippen LogP) is 0.834. The van der Waals surface area contributed by atoms with E-state index in [1.165, 1.54) is 0 Å². The highest BCUT2D eigenvalue weighted by molar-refractivity contribution is 6.45. The van der Waals surface area contributed by atoms with Crippen molar-refractivity contribution in [1.82, 2.24) is 5.23 Å². The van der Waals surface area contributed by atoms with E-state index in [9.17, 15) is 4.79 Å². The van der Waals surface area contributed by atoms with Crippen LogP contribution in [-0.4, -0.2) is 23.9 Å². The van der Waals surface area contributed by atoms with Gasteiger partial charge in [-0.15, -0.1) is 0 Å². The first-order chi connectivity index (χ1) is 6.09. The van der Waals surface area contributed by atoms with E-state index in [1.54, 1.807) is 13.7 Å². The molecule has 0 aromatic rings. The van der Waals surface area contributed by atoms with Crippen molar-refractivity contribution in [2.45, 2.75) is 45.5 Å². The molecule has 1 aliphatic carbocycles. The summed E-state index contributed by atoms with van der Waals surface area (Å²) in [5.41, 5.74) is 0. The van der Waals surface area contributed by atoms with Crippen LogP contribution in [-0.2, 0) is 4.79 Å². The van der Waals surface area contributed by atoms with Crippen molar-refractivity contribution in [3.05, 3.63) is 0 Å². The summed E-state index contributed by atoms with van der Waals surface area (Å²) in [5, 5.41) is 12.2. The zero-order chi connectivity index (χ0) is 9.84. The molecule has 0 unspecified atom stereocenters. The Labute approximate surface area is 80.0 Å². The highest BCUT2D eigenvalue weighted by atomic mass is 16.2. The molecule has 0 atom stereocenters. The molecular weight excluding hydrogens is 165 g/mol. The zero-order valence-electron chi connectivity index (χ0n) is 8.42. The van der Waals surface area contributed by atoms with Gasteiger partial charge in [0.25, 0.3) is 0 Å². The fourth-order valence-corrected chi connectivity index (χ4v) is 2.01. The lowest BCUT2D eigenvalue weighted by Gasteiger charge is -2.28. The van der Waals surface area contributed by atoms with Crippen molar-refractivity contribution >= 4 is 12.8 Å². The second-order valence-electron chi connectivity index (χ2n) is 4.00. The van der Waals surface area contributed by atoms with Crippen LogP contribution in [0.15, 0.2) is 0 Å². The van der Waals surface area contributed by atoms with Gasteiger partial charge in [-0.2, -0.15) is 0 Å². The third-order valence-electron chi connectivity index (χ3n) is 2.78. The Bertz CT molecular complexity index is 176. The maximum absolute atomic E-state index is 11.1. The van der Waals surface area contributed by atoms with E-state index < -0.39 is 7.05 Å². The summed E-state index contributed by atoms with van der Waals surface area (Å²) in [4.78, 5) is 11.1. The molecule has 0 saturated heterocycles.